The van der Waals surface area contributed by atoms with Crippen molar-refractivity contribution in [3.05, 3.63) is 58.7 Å². The number of sulfonamides is 1. The summed E-state index contributed by atoms with van der Waals surface area (Å²) in [6.07, 6.45) is 0. The van der Waals surface area contributed by atoms with Crippen LogP contribution in [0, 0.1) is 0 Å². The number of methoxy groups -OCH3 is 1. The Morgan fingerprint density at radius 2 is 1.58 bits per heavy atom. The third kappa shape index (κ3) is 2.87. The second kappa shape index (κ2) is 6.36. The Morgan fingerprint density at radius 3 is 2.12 bits per heavy atom. The van der Waals surface area contributed by atoms with Crippen LogP contribution in [0.3, 0.4) is 0 Å². The van der Waals surface area contributed by atoms with Gasteiger partial charge in [-0.05, 0) is 12.1 Å². The van der Waals surface area contributed by atoms with Crippen LogP contribution in [0.15, 0.2) is 41.3 Å². The second-order valence-electron chi connectivity index (χ2n) is 5.47. The Morgan fingerprint density at radius 1 is 1.04 bits per heavy atom. The Bertz CT molecular complexity index is 1060. The van der Waals surface area contributed by atoms with E-state index in [4.69, 9.17) is 0 Å². The predicted molar refractivity (Wildman–Crippen MR) is 88.6 cm³/mol. The van der Waals surface area contributed by atoms with Gasteiger partial charge >= 0.3 is 5.97 Å². The number of esters is 1. The maximum absolute atomic E-state index is 12.6. The summed E-state index contributed by atoms with van der Waals surface area (Å²) in [7, 11) is -3.22. The lowest BCUT2D eigenvalue weighted by Gasteiger charge is -2.19. The van der Waals surface area contributed by atoms with Gasteiger partial charge < -0.3 is 9.84 Å². The molecule has 0 fully saturated rings. The summed E-state index contributed by atoms with van der Waals surface area (Å²) in [5.41, 5.74) is 0.119. The van der Waals surface area contributed by atoms with Crippen molar-refractivity contribution in [2.45, 2.75) is 4.90 Å². The van der Waals surface area contributed by atoms with Crippen LogP contribution in [0.5, 0.6) is 5.75 Å². The number of aromatic hydroxyl groups is 1. The molecule has 0 unspecified atom stereocenters. The molecule has 0 bridgehead atoms. The molecule has 9 heteroatoms. The van der Waals surface area contributed by atoms with Gasteiger partial charge in [0.1, 0.15) is 17.2 Å². The number of carbonyl (C=O) groups excluding carboxylic acids is 3. The lowest BCUT2D eigenvalue weighted by molar-refractivity contribution is -0.139. The van der Waals surface area contributed by atoms with Crippen LogP contribution in [-0.2, 0) is 19.6 Å². The number of hydrogen-bond donors (Lipinski definition) is 2. The fraction of sp³-hybridized carbons (Fsp3) is 0.118. The van der Waals surface area contributed by atoms with E-state index in [1.54, 1.807) is 12.1 Å². The van der Waals surface area contributed by atoms with Gasteiger partial charge in [0, 0.05) is 22.3 Å². The normalized spacial score (nSPS) is 13.1. The Balaban J connectivity index is 2.09. The largest absolute Gasteiger partial charge is 0.507 e. The highest BCUT2D eigenvalue weighted by Gasteiger charge is 2.32. The zero-order chi connectivity index (χ0) is 19.1. The number of hydrogen-bond acceptors (Lipinski definition) is 7. The van der Waals surface area contributed by atoms with Crippen molar-refractivity contribution < 1.29 is 32.6 Å². The smallest absolute Gasteiger partial charge is 0.320 e. The van der Waals surface area contributed by atoms with Crippen molar-refractivity contribution in [2.75, 3.05) is 13.7 Å². The van der Waals surface area contributed by atoms with Crippen LogP contribution >= 0.6 is 0 Å². The molecule has 0 amide bonds. The quantitative estimate of drug-likeness (QED) is 0.640. The van der Waals surface area contributed by atoms with Crippen molar-refractivity contribution in [1.82, 2.24) is 4.72 Å². The van der Waals surface area contributed by atoms with Crippen molar-refractivity contribution in [3.8, 4) is 5.75 Å². The number of phenolic OH excluding ortho intramolecular Hbond substituents is 1. The van der Waals surface area contributed by atoms with E-state index >= 15 is 0 Å². The molecule has 0 aliphatic heterocycles. The zero-order valence-electron chi connectivity index (χ0n) is 13.5. The maximum Gasteiger partial charge on any atom is 0.320 e. The number of nitrogens with one attached hydrogen (secondary N) is 1. The fourth-order valence-electron chi connectivity index (χ4n) is 2.63. The summed E-state index contributed by atoms with van der Waals surface area (Å²) in [5, 5.41) is 10.1. The minimum atomic E-state index is -4.31. The van der Waals surface area contributed by atoms with Crippen LogP contribution < -0.4 is 4.72 Å². The third-order valence-electron chi connectivity index (χ3n) is 3.93. The maximum atomic E-state index is 12.6. The minimum Gasteiger partial charge on any atom is -0.507 e. The number of phenols is 1. The molecule has 0 atom stereocenters. The molecule has 2 aromatic carbocycles. The molecule has 134 valence electrons. The topological polar surface area (TPSA) is 127 Å². The first-order chi connectivity index (χ1) is 12.3. The van der Waals surface area contributed by atoms with E-state index < -0.39 is 44.7 Å². The average molecular weight is 375 g/mol. The van der Waals surface area contributed by atoms with Crippen LogP contribution in [-0.4, -0.2) is 44.7 Å². The van der Waals surface area contributed by atoms with Crippen molar-refractivity contribution >= 4 is 27.6 Å². The Labute approximate surface area is 148 Å². The van der Waals surface area contributed by atoms with Crippen molar-refractivity contribution in [1.29, 1.82) is 0 Å². The Hall–Kier alpha value is -3.04. The molecule has 26 heavy (non-hydrogen) atoms. The van der Waals surface area contributed by atoms with Gasteiger partial charge in [0.25, 0.3) is 0 Å². The fourth-order valence-corrected chi connectivity index (χ4v) is 3.70. The molecule has 0 heterocycles. The van der Waals surface area contributed by atoms with E-state index in [0.717, 1.165) is 19.2 Å². The highest BCUT2D eigenvalue weighted by atomic mass is 32.2. The minimum absolute atomic E-state index is 0.0851. The summed E-state index contributed by atoms with van der Waals surface area (Å²) < 4.78 is 30.9. The van der Waals surface area contributed by atoms with Gasteiger partial charge in [0.2, 0.25) is 10.0 Å². The summed E-state index contributed by atoms with van der Waals surface area (Å²) in [5.74, 6) is -2.55. The number of carbonyl (C=O) groups is 3. The summed E-state index contributed by atoms with van der Waals surface area (Å²) >= 11 is 0. The first kappa shape index (κ1) is 17.8. The number of ketones is 2. The molecule has 3 rings (SSSR count). The molecule has 0 saturated heterocycles. The van der Waals surface area contributed by atoms with E-state index in [9.17, 15) is 27.9 Å². The number of rotatable bonds is 4. The SMILES string of the molecule is COC(=O)CNS(=O)(=O)c1cc2c(cc1O)C(=O)c1ccccc1C2=O. The summed E-state index contributed by atoms with van der Waals surface area (Å²) in [6, 6.07) is 8.02. The number of ether oxygens (including phenoxy) is 1. The molecule has 2 N–H and O–H groups in total. The predicted octanol–water partition coefficient (Wildman–Crippen LogP) is 0.619. The zero-order valence-corrected chi connectivity index (χ0v) is 14.3. The molecule has 2 aromatic rings. The lowest BCUT2D eigenvalue weighted by Crippen LogP contribution is -2.31. The summed E-state index contributed by atoms with van der Waals surface area (Å²) in [6.45, 7) is -0.648. The molecule has 0 spiro atoms. The first-order valence-electron chi connectivity index (χ1n) is 7.38. The van der Waals surface area contributed by atoms with Crippen LogP contribution in [0.2, 0.25) is 0 Å². The van der Waals surface area contributed by atoms with E-state index in [1.165, 1.54) is 12.1 Å². The summed E-state index contributed by atoms with van der Waals surface area (Å²) in [4.78, 5) is 35.7. The molecule has 8 nitrogen and oxygen atoms in total. The molecule has 0 saturated carbocycles. The third-order valence-corrected chi connectivity index (χ3v) is 5.36. The molecular weight excluding hydrogens is 362 g/mol. The van der Waals surface area contributed by atoms with Crippen LogP contribution in [0.4, 0.5) is 0 Å². The van der Waals surface area contributed by atoms with Crippen LogP contribution in [0.1, 0.15) is 31.8 Å². The molecule has 0 aromatic heterocycles. The second-order valence-corrected chi connectivity index (χ2v) is 7.21. The lowest BCUT2D eigenvalue weighted by atomic mass is 9.84. The van der Waals surface area contributed by atoms with Gasteiger partial charge in [0.05, 0.1) is 7.11 Å². The van der Waals surface area contributed by atoms with E-state index in [0.29, 0.717) is 0 Å². The van der Waals surface area contributed by atoms with Gasteiger partial charge in [-0.25, -0.2) is 8.42 Å². The molecule has 1 aliphatic carbocycles. The first-order valence-corrected chi connectivity index (χ1v) is 8.86. The standard InChI is InChI=1S/C17H13NO7S/c1-25-15(20)8-18-26(23,24)14-7-12-11(6-13(14)19)16(21)9-4-2-3-5-10(9)17(12)22/h2-7,18-19H,8H2,1H3. The van der Waals surface area contributed by atoms with E-state index in [-0.39, 0.29) is 22.3 Å². The van der Waals surface area contributed by atoms with Crippen molar-refractivity contribution in [2.24, 2.45) is 0 Å². The number of fused-ring (bicyclic) bond motifs is 2. The van der Waals surface area contributed by atoms with Crippen LogP contribution in [0.25, 0.3) is 0 Å². The highest BCUT2D eigenvalue weighted by molar-refractivity contribution is 7.89. The Kier molecular flexibility index (Phi) is 4.34. The van der Waals surface area contributed by atoms with Gasteiger partial charge in [0.15, 0.2) is 11.6 Å². The van der Waals surface area contributed by atoms with Gasteiger partial charge in [-0.3, -0.25) is 14.4 Å². The molecular formula is C17H13NO7S. The van der Waals surface area contributed by atoms with Gasteiger partial charge in [-0.1, -0.05) is 24.3 Å². The average Bonchev–Trinajstić information content (AvgIpc) is 2.63. The van der Waals surface area contributed by atoms with E-state index in [2.05, 4.69) is 4.74 Å². The van der Waals surface area contributed by atoms with Gasteiger partial charge in [-0.2, -0.15) is 4.72 Å². The highest BCUT2D eigenvalue weighted by Crippen LogP contribution is 2.33. The van der Waals surface area contributed by atoms with E-state index in [1.807, 2.05) is 4.72 Å². The molecule has 0 radical (unpaired) electrons. The molecule has 1 aliphatic rings. The monoisotopic (exact) mass is 375 g/mol. The van der Waals surface area contributed by atoms with Crippen molar-refractivity contribution in [3.63, 3.8) is 0 Å². The number of benzene rings is 2. The van der Waals surface area contributed by atoms with Gasteiger partial charge in [-0.15, -0.1) is 0 Å².